The van der Waals surface area contributed by atoms with E-state index in [1.54, 1.807) is 6.26 Å². The van der Waals surface area contributed by atoms with Crippen molar-refractivity contribution in [3.63, 3.8) is 0 Å². The molecule has 1 unspecified atom stereocenters. The van der Waals surface area contributed by atoms with Gasteiger partial charge in [-0.25, -0.2) is 4.79 Å². The monoisotopic (exact) mass is 280 g/mol. The van der Waals surface area contributed by atoms with Crippen molar-refractivity contribution in [2.24, 2.45) is 0 Å². The van der Waals surface area contributed by atoms with Crippen molar-refractivity contribution in [1.82, 2.24) is 5.32 Å². The Hall–Kier alpha value is -1.51. The van der Waals surface area contributed by atoms with E-state index in [1.807, 2.05) is 0 Å². The van der Waals surface area contributed by atoms with Gasteiger partial charge in [0.2, 0.25) is 0 Å². The second kappa shape index (κ2) is 7.04. The minimum Gasteiger partial charge on any atom is -0.480 e. The Bertz CT molecular complexity index is 333. The quantitative estimate of drug-likeness (QED) is 0.484. The Balaban J connectivity index is 4.58. The first-order chi connectivity index (χ1) is 8.20. The number of carbonyl (C=O) groups is 2. The molecule has 104 valence electrons. The van der Waals surface area contributed by atoms with Crippen LogP contribution in [0, 0.1) is 10.1 Å². The third kappa shape index (κ3) is 5.71. The standard InChI is InChI=1S/C9H16N2O6S/c1-9(2,17-11(15)16)8(14)10-6(7(12)13)4-5-18-3/h6H,4-5H2,1-3H3,(H,10,14)(H,12,13). The van der Waals surface area contributed by atoms with E-state index in [-0.39, 0.29) is 6.42 Å². The first kappa shape index (κ1) is 16.5. The molecule has 0 aromatic carbocycles. The molecular weight excluding hydrogens is 264 g/mol. The molecule has 0 spiro atoms. The molecule has 0 bridgehead atoms. The van der Waals surface area contributed by atoms with E-state index in [9.17, 15) is 19.7 Å². The molecule has 18 heavy (non-hydrogen) atoms. The number of nitrogens with zero attached hydrogens (tertiary/aromatic N) is 1. The molecule has 0 aliphatic rings. The third-order valence-corrected chi connectivity index (χ3v) is 2.71. The summed E-state index contributed by atoms with van der Waals surface area (Å²) in [5.74, 6) is -1.48. The van der Waals surface area contributed by atoms with Crippen molar-refractivity contribution in [2.75, 3.05) is 12.0 Å². The van der Waals surface area contributed by atoms with E-state index < -0.39 is 28.6 Å². The van der Waals surface area contributed by atoms with Crippen molar-refractivity contribution in [1.29, 1.82) is 0 Å². The number of rotatable bonds is 8. The van der Waals surface area contributed by atoms with Crippen LogP contribution in [0.1, 0.15) is 20.3 Å². The van der Waals surface area contributed by atoms with Crippen LogP contribution in [-0.4, -0.2) is 45.7 Å². The molecule has 0 aliphatic carbocycles. The molecule has 0 fully saturated rings. The van der Waals surface area contributed by atoms with Crippen LogP contribution in [0.25, 0.3) is 0 Å². The number of aliphatic carboxylic acids is 1. The van der Waals surface area contributed by atoms with Crippen LogP contribution < -0.4 is 5.32 Å². The highest BCUT2D eigenvalue weighted by Crippen LogP contribution is 2.11. The molecule has 0 heterocycles. The fourth-order valence-electron chi connectivity index (χ4n) is 1.05. The van der Waals surface area contributed by atoms with Crippen molar-refractivity contribution in [3.05, 3.63) is 10.1 Å². The maximum absolute atomic E-state index is 11.7. The summed E-state index contributed by atoms with van der Waals surface area (Å²) in [5, 5.41) is 20.2. The number of carbonyl (C=O) groups excluding carboxylic acids is 1. The lowest BCUT2D eigenvalue weighted by molar-refractivity contribution is -0.774. The topological polar surface area (TPSA) is 119 Å². The van der Waals surface area contributed by atoms with Crippen LogP contribution >= 0.6 is 11.8 Å². The predicted octanol–water partition coefficient (Wildman–Crippen LogP) is 0.296. The molecule has 1 amide bonds. The molecule has 0 rings (SSSR count). The Labute approximate surface area is 108 Å². The Morgan fingerprint density at radius 2 is 2.11 bits per heavy atom. The highest BCUT2D eigenvalue weighted by Gasteiger charge is 2.34. The molecule has 0 aromatic heterocycles. The van der Waals surface area contributed by atoms with Crippen LogP contribution in [0.15, 0.2) is 0 Å². The van der Waals surface area contributed by atoms with Gasteiger partial charge in [-0.1, -0.05) is 0 Å². The van der Waals surface area contributed by atoms with Crippen LogP contribution in [-0.2, 0) is 14.4 Å². The fraction of sp³-hybridized carbons (Fsp3) is 0.778. The predicted molar refractivity (Wildman–Crippen MR) is 64.7 cm³/mol. The molecule has 1 atom stereocenters. The van der Waals surface area contributed by atoms with Gasteiger partial charge in [0, 0.05) is 0 Å². The molecule has 0 saturated carbocycles. The zero-order valence-electron chi connectivity index (χ0n) is 10.3. The Morgan fingerprint density at radius 1 is 1.56 bits per heavy atom. The molecule has 2 N–H and O–H groups in total. The molecular formula is C9H16N2O6S. The van der Waals surface area contributed by atoms with Crippen molar-refractivity contribution >= 4 is 23.6 Å². The molecule has 0 aromatic rings. The van der Waals surface area contributed by atoms with Gasteiger partial charge in [0.05, 0.1) is 0 Å². The number of carboxylic acid groups (broad SMARTS) is 1. The summed E-state index contributed by atoms with van der Waals surface area (Å²) in [6, 6.07) is -1.08. The summed E-state index contributed by atoms with van der Waals surface area (Å²) in [5.41, 5.74) is -1.73. The van der Waals surface area contributed by atoms with Crippen molar-refractivity contribution in [2.45, 2.75) is 31.9 Å². The van der Waals surface area contributed by atoms with E-state index in [1.165, 1.54) is 25.6 Å². The van der Waals surface area contributed by atoms with Gasteiger partial charge in [0.25, 0.3) is 11.0 Å². The summed E-state index contributed by atoms with van der Waals surface area (Å²) < 4.78 is 0. The van der Waals surface area contributed by atoms with E-state index >= 15 is 0 Å². The van der Waals surface area contributed by atoms with Crippen LogP contribution in [0.2, 0.25) is 0 Å². The average Bonchev–Trinajstić information content (AvgIpc) is 2.21. The minimum atomic E-state index is -1.73. The largest absolute Gasteiger partial charge is 0.480 e. The Morgan fingerprint density at radius 3 is 2.50 bits per heavy atom. The summed E-state index contributed by atoms with van der Waals surface area (Å²) in [6.07, 6.45) is 2.04. The fourth-order valence-corrected chi connectivity index (χ4v) is 1.52. The van der Waals surface area contributed by atoms with Gasteiger partial charge >= 0.3 is 5.97 Å². The average molecular weight is 280 g/mol. The molecule has 0 radical (unpaired) electrons. The van der Waals surface area contributed by atoms with Gasteiger partial charge in [-0.3, -0.25) is 9.63 Å². The summed E-state index contributed by atoms with van der Waals surface area (Å²) >= 11 is 1.44. The van der Waals surface area contributed by atoms with E-state index in [0.29, 0.717) is 5.75 Å². The van der Waals surface area contributed by atoms with Gasteiger partial charge in [-0.15, -0.1) is 10.1 Å². The Kier molecular flexibility index (Phi) is 6.45. The van der Waals surface area contributed by atoms with Crippen LogP contribution in [0.4, 0.5) is 0 Å². The van der Waals surface area contributed by atoms with Crippen molar-refractivity contribution in [3.8, 4) is 0 Å². The summed E-state index contributed by atoms with van der Waals surface area (Å²) in [7, 11) is 0. The van der Waals surface area contributed by atoms with Gasteiger partial charge in [0.15, 0.2) is 5.60 Å². The maximum Gasteiger partial charge on any atom is 0.326 e. The zero-order chi connectivity index (χ0) is 14.3. The van der Waals surface area contributed by atoms with Gasteiger partial charge in [-0.05, 0) is 32.3 Å². The number of hydrogen-bond acceptors (Lipinski definition) is 6. The molecule has 9 heteroatoms. The SMILES string of the molecule is CSCCC(NC(=O)C(C)(C)O[N+](=O)[O-])C(=O)O. The third-order valence-electron chi connectivity index (χ3n) is 2.06. The van der Waals surface area contributed by atoms with E-state index in [0.717, 1.165) is 0 Å². The lowest BCUT2D eigenvalue weighted by atomic mass is 10.1. The van der Waals surface area contributed by atoms with Crippen LogP contribution in [0.3, 0.4) is 0 Å². The summed E-state index contributed by atoms with van der Waals surface area (Å²) in [4.78, 5) is 37.0. The van der Waals surface area contributed by atoms with E-state index in [2.05, 4.69) is 10.2 Å². The van der Waals surface area contributed by atoms with E-state index in [4.69, 9.17) is 5.11 Å². The number of amides is 1. The van der Waals surface area contributed by atoms with Crippen molar-refractivity contribution < 1.29 is 24.6 Å². The molecule has 8 nitrogen and oxygen atoms in total. The lowest BCUT2D eigenvalue weighted by Gasteiger charge is -2.23. The lowest BCUT2D eigenvalue weighted by Crippen LogP contribution is -2.51. The number of hydrogen-bond donors (Lipinski definition) is 2. The smallest absolute Gasteiger partial charge is 0.326 e. The summed E-state index contributed by atoms with van der Waals surface area (Å²) in [6.45, 7) is 2.39. The number of carboxylic acids is 1. The second-order valence-electron chi connectivity index (χ2n) is 3.97. The second-order valence-corrected chi connectivity index (χ2v) is 4.96. The normalized spacial score (nSPS) is 12.6. The number of thioether (sulfide) groups is 1. The van der Waals surface area contributed by atoms with Gasteiger partial charge in [-0.2, -0.15) is 11.8 Å². The number of nitrogens with one attached hydrogen (secondary N) is 1. The highest BCUT2D eigenvalue weighted by molar-refractivity contribution is 7.98. The highest BCUT2D eigenvalue weighted by atomic mass is 32.2. The van der Waals surface area contributed by atoms with Gasteiger partial charge < -0.3 is 10.4 Å². The first-order valence-electron chi connectivity index (χ1n) is 5.07. The minimum absolute atomic E-state index is 0.233. The molecule has 0 aliphatic heterocycles. The first-order valence-corrected chi connectivity index (χ1v) is 6.46. The van der Waals surface area contributed by atoms with Gasteiger partial charge in [0.1, 0.15) is 6.04 Å². The van der Waals surface area contributed by atoms with Crippen LogP contribution in [0.5, 0.6) is 0 Å². The molecule has 0 saturated heterocycles. The zero-order valence-corrected chi connectivity index (χ0v) is 11.2. The maximum atomic E-state index is 11.7.